The van der Waals surface area contributed by atoms with Crippen molar-refractivity contribution in [1.29, 1.82) is 5.26 Å². The van der Waals surface area contributed by atoms with Crippen LogP contribution >= 0.6 is 0 Å². The first-order chi connectivity index (χ1) is 13.9. The summed E-state index contributed by atoms with van der Waals surface area (Å²) >= 11 is 0. The van der Waals surface area contributed by atoms with Gasteiger partial charge in [0.1, 0.15) is 11.7 Å². The molecule has 1 atom stereocenters. The zero-order chi connectivity index (χ0) is 20.9. The molecule has 1 aromatic heterocycles. The molecule has 29 heavy (non-hydrogen) atoms. The van der Waals surface area contributed by atoms with Gasteiger partial charge in [-0.2, -0.15) is 5.26 Å². The molecule has 1 saturated carbocycles. The van der Waals surface area contributed by atoms with Gasteiger partial charge >= 0.3 is 0 Å². The molecule has 1 heterocycles. The van der Waals surface area contributed by atoms with Crippen LogP contribution in [0.1, 0.15) is 48.2 Å². The molecular weight excluding hydrogens is 366 g/mol. The zero-order valence-corrected chi connectivity index (χ0v) is 16.2. The Morgan fingerprint density at radius 1 is 1.14 bits per heavy atom. The molecule has 3 rings (SSSR count). The number of nitriles is 1. The molecule has 0 bridgehead atoms. The van der Waals surface area contributed by atoms with Gasteiger partial charge in [-0.1, -0.05) is 43.5 Å². The molecular formula is C22H25N5O2. The number of nitrogens with one attached hydrogen (secondary N) is 1. The van der Waals surface area contributed by atoms with E-state index in [9.17, 15) is 14.9 Å². The van der Waals surface area contributed by atoms with E-state index < -0.39 is 17.5 Å². The number of carbonyl (C=O) groups excluding carboxylic acids is 2. The maximum Gasteiger partial charge on any atom is 0.267 e. The van der Waals surface area contributed by atoms with Crippen molar-refractivity contribution < 1.29 is 9.59 Å². The van der Waals surface area contributed by atoms with Crippen LogP contribution in [0.3, 0.4) is 0 Å². The predicted octanol–water partition coefficient (Wildman–Crippen LogP) is 2.06. The number of hydrogen-bond acceptors (Lipinski definition) is 5. The number of pyridine rings is 1. The highest BCUT2D eigenvalue weighted by molar-refractivity contribution is 5.92. The number of amides is 2. The van der Waals surface area contributed by atoms with E-state index in [1.54, 1.807) is 18.3 Å². The second kappa shape index (κ2) is 8.84. The molecule has 1 aliphatic carbocycles. The van der Waals surface area contributed by atoms with Crippen molar-refractivity contribution >= 4 is 11.8 Å². The van der Waals surface area contributed by atoms with Crippen molar-refractivity contribution in [2.75, 3.05) is 0 Å². The van der Waals surface area contributed by atoms with Gasteiger partial charge in [0.15, 0.2) is 0 Å². The van der Waals surface area contributed by atoms with E-state index >= 15 is 0 Å². The van der Waals surface area contributed by atoms with Crippen LogP contribution in [0, 0.1) is 11.3 Å². The second-order valence-corrected chi connectivity index (χ2v) is 7.57. The lowest BCUT2D eigenvalue weighted by molar-refractivity contribution is -0.127. The lowest BCUT2D eigenvalue weighted by Gasteiger charge is -2.32. The topological polar surface area (TPSA) is 135 Å². The standard InChI is InChI=1S/C22H25N5O2/c23-14-18(27-21(29)22(25)9-2-1-3-10-22)12-15-4-6-16(7-5-15)17-8-11-26-19(13-17)20(24)28/h4-8,11,13,18H,1-3,9-10,12,25H2,(H2,24,28)(H,27,29). The third-order valence-corrected chi connectivity index (χ3v) is 5.40. The Hall–Kier alpha value is -3.24. The van der Waals surface area contributed by atoms with Gasteiger partial charge in [-0.15, -0.1) is 0 Å². The molecule has 7 nitrogen and oxygen atoms in total. The Kier molecular flexibility index (Phi) is 6.25. The van der Waals surface area contributed by atoms with E-state index in [2.05, 4.69) is 16.4 Å². The number of carbonyl (C=O) groups is 2. The van der Waals surface area contributed by atoms with Gasteiger partial charge in [-0.3, -0.25) is 14.6 Å². The van der Waals surface area contributed by atoms with Crippen LogP contribution in [0.4, 0.5) is 0 Å². The van der Waals surface area contributed by atoms with Gasteiger partial charge in [0.25, 0.3) is 5.91 Å². The van der Waals surface area contributed by atoms with Gasteiger partial charge in [-0.05, 0) is 41.7 Å². The molecule has 0 radical (unpaired) electrons. The summed E-state index contributed by atoms with van der Waals surface area (Å²) in [5.41, 5.74) is 13.5. The lowest BCUT2D eigenvalue weighted by atomic mass is 9.81. The molecule has 1 unspecified atom stereocenters. The number of nitrogens with two attached hydrogens (primary N) is 2. The molecule has 5 N–H and O–H groups in total. The Bertz CT molecular complexity index is 927. The van der Waals surface area contributed by atoms with E-state index in [0.29, 0.717) is 19.3 Å². The number of rotatable bonds is 6. The first-order valence-electron chi connectivity index (χ1n) is 9.76. The Labute approximate surface area is 170 Å². The van der Waals surface area contributed by atoms with E-state index in [0.717, 1.165) is 36.0 Å². The fraction of sp³-hybridized carbons (Fsp3) is 0.364. The van der Waals surface area contributed by atoms with Crippen LogP contribution in [-0.4, -0.2) is 28.4 Å². The summed E-state index contributed by atoms with van der Waals surface area (Å²) in [5, 5.41) is 12.3. The normalized spacial score (nSPS) is 16.4. The Balaban J connectivity index is 1.66. The monoisotopic (exact) mass is 391 g/mol. The van der Waals surface area contributed by atoms with E-state index in [1.807, 2.05) is 24.3 Å². The molecule has 7 heteroatoms. The molecule has 150 valence electrons. The number of nitrogens with zero attached hydrogens (tertiary/aromatic N) is 2. The highest BCUT2D eigenvalue weighted by atomic mass is 16.2. The van der Waals surface area contributed by atoms with Crippen LogP contribution in [0.25, 0.3) is 11.1 Å². The summed E-state index contributed by atoms with van der Waals surface area (Å²) in [6, 6.07) is 12.5. The average molecular weight is 391 g/mol. The maximum absolute atomic E-state index is 12.6. The smallest absolute Gasteiger partial charge is 0.267 e. The molecule has 0 saturated heterocycles. The van der Waals surface area contributed by atoms with Crippen LogP contribution in [0.5, 0.6) is 0 Å². The van der Waals surface area contributed by atoms with Crippen molar-refractivity contribution in [3.8, 4) is 17.2 Å². The minimum Gasteiger partial charge on any atom is -0.364 e. The summed E-state index contributed by atoms with van der Waals surface area (Å²) < 4.78 is 0. The largest absolute Gasteiger partial charge is 0.364 e. The van der Waals surface area contributed by atoms with Crippen molar-refractivity contribution in [2.24, 2.45) is 11.5 Å². The fourth-order valence-electron chi connectivity index (χ4n) is 3.65. The molecule has 1 aliphatic rings. The predicted molar refractivity (Wildman–Crippen MR) is 109 cm³/mol. The van der Waals surface area contributed by atoms with Crippen LogP contribution in [0.2, 0.25) is 0 Å². The van der Waals surface area contributed by atoms with Gasteiger partial charge in [0.05, 0.1) is 11.6 Å². The Morgan fingerprint density at radius 3 is 2.45 bits per heavy atom. The van der Waals surface area contributed by atoms with Crippen molar-refractivity contribution in [3.05, 3.63) is 53.9 Å². The number of aromatic nitrogens is 1. The fourth-order valence-corrected chi connectivity index (χ4v) is 3.65. The lowest BCUT2D eigenvalue weighted by Crippen LogP contribution is -2.57. The summed E-state index contributed by atoms with van der Waals surface area (Å²) in [7, 11) is 0. The number of benzene rings is 1. The summed E-state index contributed by atoms with van der Waals surface area (Å²) in [5.74, 6) is -0.817. The highest BCUT2D eigenvalue weighted by Gasteiger charge is 2.36. The van der Waals surface area contributed by atoms with E-state index in [-0.39, 0.29) is 11.6 Å². The van der Waals surface area contributed by atoms with Crippen LogP contribution in [0.15, 0.2) is 42.6 Å². The molecule has 0 spiro atoms. The van der Waals surface area contributed by atoms with Crippen LogP contribution in [-0.2, 0) is 11.2 Å². The van der Waals surface area contributed by atoms with E-state index in [4.69, 9.17) is 11.5 Å². The SMILES string of the molecule is N#CC(Cc1ccc(-c2ccnc(C(N)=O)c2)cc1)NC(=O)C1(N)CCCCC1. The van der Waals surface area contributed by atoms with Gasteiger partial charge in [-0.25, -0.2) is 0 Å². The molecule has 1 fully saturated rings. The first-order valence-corrected chi connectivity index (χ1v) is 9.76. The first kappa shape index (κ1) is 20.5. The number of primary amides is 1. The molecule has 2 aromatic rings. The minimum atomic E-state index is -0.864. The molecule has 2 amide bonds. The maximum atomic E-state index is 12.6. The summed E-state index contributed by atoms with van der Waals surface area (Å²) in [4.78, 5) is 27.8. The molecule has 0 aliphatic heterocycles. The third kappa shape index (κ3) is 4.98. The van der Waals surface area contributed by atoms with Gasteiger partial charge in [0, 0.05) is 12.6 Å². The quantitative estimate of drug-likeness (QED) is 0.693. The summed E-state index contributed by atoms with van der Waals surface area (Å²) in [6.45, 7) is 0. The van der Waals surface area contributed by atoms with Crippen molar-refractivity contribution in [2.45, 2.75) is 50.1 Å². The average Bonchev–Trinajstić information content (AvgIpc) is 2.74. The highest BCUT2D eigenvalue weighted by Crippen LogP contribution is 2.26. The Morgan fingerprint density at radius 2 is 1.83 bits per heavy atom. The second-order valence-electron chi connectivity index (χ2n) is 7.57. The van der Waals surface area contributed by atoms with Gasteiger partial charge < -0.3 is 16.8 Å². The van der Waals surface area contributed by atoms with Crippen molar-refractivity contribution in [3.63, 3.8) is 0 Å². The number of hydrogen-bond donors (Lipinski definition) is 3. The summed E-state index contributed by atoms with van der Waals surface area (Å²) in [6.07, 6.45) is 6.22. The van der Waals surface area contributed by atoms with Gasteiger partial charge in [0.2, 0.25) is 5.91 Å². The van der Waals surface area contributed by atoms with Crippen molar-refractivity contribution in [1.82, 2.24) is 10.3 Å². The minimum absolute atomic E-state index is 0.206. The zero-order valence-electron chi connectivity index (χ0n) is 16.2. The third-order valence-electron chi connectivity index (χ3n) is 5.40. The molecule has 1 aromatic carbocycles. The van der Waals surface area contributed by atoms with E-state index in [1.165, 1.54) is 0 Å². The van der Waals surface area contributed by atoms with Crippen LogP contribution < -0.4 is 16.8 Å².